The van der Waals surface area contributed by atoms with Crippen LogP contribution in [0.5, 0.6) is 0 Å². The monoisotopic (exact) mass is 468 g/mol. The summed E-state index contributed by atoms with van der Waals surface area (Å²) in [5.74, 6) is -2.36. The van der Waals surface area contributed by atoms with Crippen molar-refractivity contribution in [2.75, 3.05) is 11.9 Å². The van der Waals surface area contributed by atoms with Gasteiger partial charge in [0.1, 0.15) is 23.0 Å². The van der Waals surface area contributed by atoms with Crippen molar-refractivity contribution in [2.24, 2.45) is 5.41 Å². The van der Waals surface area contributed by atoms with Crippen LogP contribution in [0.15, 0.2) is 29.2 Å². The zero-order chi connectivity index (χ0) is 24.1. The van der Waals surface area contributed by atoms with Crippen molar-refractivity contribution in [1.29, 1.82) is 0 Å². The number of aliphatic hydroxyl groups is 1. The molecule has 1 aromatic carbocycles. The highest BCUT2D eigenvalue weighted by molar-refractivity contribution is 5.88. The fraction of sp³-hybridized carbons (Fsp3) is 0.409. The van der Waals surface area contributed by atoms with Crippen molar-refractivity contribution in [2.45, 2.75) is 45.5 Å². The van der Waals surface area contributed by atoms with Gasteiger partial charge in [-0.1, -0.05) is 12.1 Å². The summed E-state index contributed by atoms with van der Waals surface area (Å²) in [6.45, 7) is 2.86. The van der Waals surface area contributed by atoms with Crippen LogP contribution in [-0.4, -0.2) is 26.2 Å². The molecule has 3 aromatic rings. The summed E-state index contributed by atoms with van der Waals surface area (Å²) in [7, 11) is 0. The molecule has 6 nitrogen and oxygen atoms in total. The summed E-state index contributed by atoms with van der Waals surface area (Å²) in [4.78, 5) is 20.7. The van der Waals surface area contributed by atoms with Gasteiger partial charge in [0.25, 0.3) is 5.56 Å². The number of anilines is 1. The van der Waals surface area contributed by atoms with Crippen LogP contribution in [0.25, 0.3) is 10.9 Å². The first kappa shape index (κ1) is 23.1. The predicted molar refractivity (Wildman–Crippen MR) is 111 cm³/mol. The number of aliphatic hydroxyl groups excluding tert-OH is 1. The molecule has 1 fully saturated rings. The summed E-state index contributed by atoms with van der Waals surface area (Å²) >= 11 is 0. The van der Waals surface area contributed by atoms with Gasteiger partial charge in [0.2, 0.25) is 5.82 Å². The second-order valence-corrected chi connectivity index (χ2v) is 8.49. The average Bonchev–Trinajstić information content (AvgIpc) is 3.52. The van der Waals surface area contributed by atoms with Crippen molar-refractivity contribution in [3.8, 4) is 0 Å². The van der Waals surface area contributed by atoms with E-state index in [9.17, 15) is 31.9 Å². The number of rotatable bonds is 6. The van der Waals surface area contributed by atoms with Crippen molar-refractivity contribution in [3.05, 3.63) is 63.3 Å². The molecule has 0 unspecified atom stereocenters. The number of fused-ring (bicyclic) bond motifs is 1. The molecule has 0 bridgehead atoms. The Morgan fingerprint density at radius 1 is 1.21 bits per heavy atom. The number of nitrogens with zero attached hydrogens (tertiary/aromatic N) is 3. The third-order valence-electron chi connectivity index (χ3n) is 5.95. The Morgan fingerprint density at radius 2 is 1.91 bits per heavy atom. The number of aromatic nitrogens is 3. The molecule has 1 aliphatic carbocycles. The Hall–Kier alpha value is -3.08. The number of alkyl halides is 3. The van der Waals surface area contributed by atoms with Gasteiger partial charge in [-0.3, -0.25) is 4.79 Å². The maximum Gasteiger partial charge on any atom is 0.419 e. The van der Waals surface area contributed by atoms with Crippen LogP contribution in [0.2, 0.25) is 0 Å². The van der Waals surface area contributed by atoms with Gasteiger partial charge < -0.3 is 15.0 Å². The van der Waals surface area contributed by atoms with E-state index in [1.54, 1.807) is 0 Å². The van der Waals surface area contributed by atoms with Crippen molar-refractivity contribution in [3.63, 3.8) is 0 Å². The number of benzene rings is 1. The topological polar surface area (TPSA) is 80.0 Å². The van der Waals surface area contributed by atoms with E-state index in [4.69, 9.17) is 0 Å². The van der Waals surface area contributed by atoms with Crippen LogP contribution in [0, 0.1) is 24.0 Å². The summed E-state index contributed by atoms with van der Waals surface area (Å²) in [6.07, 6.45) is -2.12. The van der Waals surface area contributed by atoms with E-state index in [0.29, 0.717) is 18.9 Å². The number of pyridine rings is 1. The molecule has 0 amide bonds. The van der Waals surface area contributed by atoms with Gasteiger partial charge in [0.05, 0.1) is 23.6 Å². The maximum atomic E-state index is 14.9. The Morgan fingerprint density at radius 3 is 2.52 bits per heavy atom. The summed E-state index contributed by atoms with van der Waals surface area (Å²) < 4.78 is 70.0. The average molecular weight is 468 g/mol. The fourth-order valence-corrected chi connectivity index (χ4v) is 3.83. The quantitative estimate of drug-likeness (QED) is 0.526. The number of nitrogens with one attached hydrogen (secondary N) is 1. The fourth-order valence-electron chi connectivity index (χ4n) is 3.83. The zero-order valence-corrected chi connectivity index (χ0v) is 17.8. The van der Waals surface area contributed by atoms with E-state index >= 15 is 0 Å². The van der Waals surface area contributed by atoms with Gasteiger partial charge in [-0.15, -0.1) is 0 Å². The van der Waals surface area contributed by atoms with Crippen LogP contribution in [-0.2, 0) is 12.7 Å². The second-order valence-electron chi connectivity index (χ2n) is 8.49. The van der Waals surface area contributed by atoms with Gasteiger partial charge in [-0.05, 0) is 32.8 Å². The SMILES string of the molecule is Cc1nc(N[C@H](C)c2cccc(C(F)(F)F)c2F)c2cn(CC3(CO)CC3)c(=O)c(F)c2n1. The third-order valence-corrected chi connectivity index (χ3v) is 5.95. The minimum absolute atomic E-state index is 0.0447. The molecule has 0 saturated heterocycles. The molecule has 176 valence electrons. The highest BCUT2D eigenvalue weighted by Gasteiger charge is 2.42. The van der Waals surface area contributed by atoms with E-state index < -0.39 is 40.4 Å². The first-order valence-electron chi connectivity index (χ1n) is 10.3. The molecule has 4 rings (SSSR count). The van der Waals surface area contributed by atoms with Crippen molar-refractivity contribution in [1.82, 2.24) is 14.5 Å². The Bertz CT molecular complexity index is 1280. The lowest BCUT2D eigenvalue weighted by atomic mass is 10.0. The highest BCUT2D eigenvalue weighted by atomic mass is 19.4. The first-order chi connectivity index (χ1) is 15.5. The molecule has 2 heterocycles. The standard InChI is InChI=1S/C22H21F5N4O2/c1-11(13-4-3-5-15(16(13)23)22(25,26)27)28-19-14-8-31(9-21(10-32)6-7-21)20(33)17(24)18(14)29-12(2)30-19/h3-5,8,11,32H,6-7,9-10H2,1-2H3,(H,28,29,30)/t11-/m1/s1. The normalized spacial score (nSPS) is 16.1. The Balaban J connectivity index is 1.78. The van der Waals surface area contributed by atoms with E-state index in [2.05, 4.69) is 15.3 Å². The summed E-state index contributed by atoms with van der Waals surface area (Å²) in [6, 6.07) is 2.00. The van der Waals surface area contributed by atoms with Crippen LogP contribution in [0.1, 0.15) is 42.8 Å². The van der Waals surface area contributed by atoms with Gasteiger partial charge in [0, 0.05) is 23.7 Å². The first-order valence-corrected chi connectivity index (χ1v) is 10.3. The number of aryl methyl sites for hydroxylation is 1. The molecule has 0 radical (unpaired) electrons. The van der Waals surface area contributed by atoms with E-state index in [1.807, 2.05) is 0 Å². The minimum Gasteiger partial charge on any atom is -0.396 e. The van der Waals surface area contributed by atoms with Crippen LogP contribution in [0.3, 0.4) is 0 Å². The van der Waals surface area contributed by atoms with Crippen molar-refractivity contribution < 1.29 is 27.1 Å². The van der Waals surface area contributed by atoms with Crippen LogP contribution < -0.4 is 10.9 Å². The van der Waals surface area contributed by atoms with Gasteiger partial charge >= 0.3 is 6.18 Å². The van der Waals surface area contributed by atoms with Crippen molar-refractivity contribution >= 4 is 16.7 Å². The summed E-state index contributed by atoms with van der Waals surface area (Å²) in [5.41, 5.74) is -3.28. The minimum atomic E-state index is -4.86. The molecule has 1 atom stereocenters. The number of hydrogen-bond donors (Lipinski definition) is 2. The molecule has 1 saturated carbocycles. The lowest BCUT2D eigenvalue weighted by molar-refractivity contribution is -0.140. The van der Waals surface area contributed by atoms with Gasteiger partial charge in [0.15, 0.2) is 0 Å². The molecular formula is C22H21F5N4O2. The van der Waals surface area contributed by atoms with E-state index in [0.717, 1.165) is 10.6 Å². The molecular weight excluding hydrogens is 447 g/mol. The zero-order valence-electron chi connectivity index (χ0n) is 17.8. The maximum absolute atomic E-state index is 14.9. The lowest BCUT2D eigenvalue weighted by Gasteiger charge is -2.20. The summed E-state index contributed by atoms with van der Waals surface area (Å²) in [5, 5.41) is 12.5. The Labute approximate surface area is 185 Å². The molecule has 0 aliphatic heterocycles. The molecule has 11 heteroatoms. The van der Waals surface area contributed by atoms with Gasteiger partial charge in [-0.2, -0.15) is 17.6 Å². The predicted octanol–water partition coefficient (Wildman–Crippen LogP) is 4.34. The van der Waals surface area contributed by atoms with Gasteiger partial charge in [-0.25, -0.2) is 14.4 Å². The number of halogens is 5. The largest absolute Gasteiger partial charge is 0.419 e. The molecule has 2 N–H and O–H groups in total. The molecule has 0 spiro atoms. The van der Waals surface area contributed by atoms with Crippen LogP contribution in [0.4, 0.5) is 27.8 Å². The molecule has 1 aliphatic rings. The smallest absolute Gasteiger partial charge is 0.396 e. The Kier molecular flexibility index (Phi) is 5.63. The number of hydrogen-bond acceptors (Lipinski definition) is 5. The van der Waals surface area contributed by atoms with E-state index in [1.165, 1.54) is 26.1 Å². The second kappa shape index (κ2) is 8.05. The lowest BCUT2D eigenvalue weighted by Crippen LogP contribution is -2.29. The molecule has 2 aromatic heterocycles. The highest BCUT2D eigenvalue weighted by Crippen LogP contribution is 2.46. The van der Waals surface area contributed by atoms with E-state index in [-0.39, 0.29) is 41.3 Å². The third kappa shape index (κ3) is 4.29. The van der Waals surface area contributed by atoms with Crippen LogP contribution >= 0.6 is 0 Å². The molecule has 33 heavy (non-hydrogen) atoms.